The van der Waals surface area contributed by atoms with Gasteiger partial charge in [-0.05, 0) is 51.2 Å². The molecule has 1 aliphatic carbocycles. The number of amides is 1. The highest BCUT2D eigenvalue weighted by Gasteiger charge is 2.22. The average molecular weight is 257 g/mol. The van der Waals surface area contributed by atoms with Crippen molar-refractivity contribution in [1.29, 1.82) is 5.26 Å². The van der Waals surface area contributed by atoms with Gasteiger partial charge in [0.25, 0.3) is 5.91 Å². The number of hydrogen-bond donors (Lipinski definition) is 1. The molecule has 4 heteroatoms. The molecule has 1 fully saturated rings. The second-order valence-corrected chi connectivity index (χ2v) is 5.25. The second-order valence-electron chi connectivity index (χ2n) is 5.25. The van der Waals surface area contributed by atoms with E-state index in [1.54, 1.807) is 6.07 Å². The van der Waals surface area contributed by atoms with E-state index in [1.165, 1.54) is 0 Å². The highest BCUT2D eigenvalue weighted by atomic mass is 16.1. The first kappa shape index (κ1) is 13.5. The third-order valence-corrected chi connectivity index (χ3v) is 3.83. The SMILES string of the molecule is Cc1ccc(C(=O)NC2CCC(C#N)CC2)nc1C. The van der Waals surface area contributed by atoms with Gasteiger partial charge < -0.3 is 5.32 Å². The summed E-state index contributed by atoms with van der Waals surface area (Å²) in [5, 5.41) is 11.9. The van der Waals surface area contributed by atoms with Crippen molar-refractivity contribution < 1.29 is 4.79 Å². The van der Waals surface area contributed by atoms with Crippen LogP contribution in [0.4, 0.5) is 0 Å². The molecule has 2 rings (SSSR count). The van der Waals surface area contributed by atoms with Gasteiger partial charge in [-0.1, -0.05) is 6.07 Å². The lowest BCUT2D eigenvalue weighted by molar-refractivity contribution is 0.0919. The number of carbonyl (C=O) groups is 1. The van der Waals surface area contributed by atoms with Gasteiger partial charge in [0.15, 0.2) is 0 Å². The number of aromatic nitrogens is 1. The average Bonchev–Trinajstić information content (AvgIpc) is 2.42. The van der Waals surface area contributed by atoms with Crippen LogP contribution in [-0.4, -0.2) is 16.9 Å². The topological polar surface area (TPSA) is 65.8 Å². The number of nitriles is 1. The van der Waals surface area contributed by atoms with E-state index in [0.29, 0.717) is 5.69 Å². The summed E-state index contributed by atoms with van der Waals surface area (Å²) in [7, 11) is 0. The van der Waals surface area contributed by atoms with Crippen molar-refractivity contribution in [1.82, 2.24) is 10.3 Å². The minimum atomic E-state index is -0.108. The molecule has 0 aliphatic heterocycles. The second kappa shape index (κ2) is 5.83. The van der Waals surface area contributed by atoms with E-state index in [1.807, 2.05) is 19.9 Å². The molecule has 0 atom stereocenters. The Morgan fingerprint density at radius 2 is 2.00 bits per heavy atom. The summed E-state index contributed by atoms with van der Waals surface area (Å²) >= 11 is 0. The molecular weight excluding hydrogens is 238 g/mol. The lowest BCUT2D eigenvalue weighted by Gasteiger charge is -2.25. The Bertz CT molecular complexity index is 511. The molecule has 1 amide bonds. The molecule has 1 aliphatic rings. The van der Waals surface area contributed by atoms with E-state index in [4.69, 9.17) is 5.26 Å². The fourth-order valence-electron chi connectivity index (χ4n) is 2.38. The fourth-order valence-corrected chi connectivity index (χ4v) is 2.38. The Labute approximate surface area is 113 Å². The summed E-state index contributed by atoms with van der Waals surface area (Å²) in [5.41, 5.74) is 2.46. The van der Waals surface area contributed by atoms with E-state index in [0.717, 1.165) is 36.9 Å². The number of nitrogens with zero attached hydrogens (tertiary/aromatic N) is 2. The number of nitrogens with one attached hydrogen (secondary N) is 1. The molecule has 1 aromatic heterocycles. The summed E-state index contributed by atoms with van der Waals surface area (Å²) in [5.74, 6) is 0.0522. The third kappa shape index (κ3) is 3.31. The molecule has 0 aromatic carbocycles. The quantitative estimate of drug-likeness (QED) is 0.885. The molecule has 4 nitrogen and oxygen atoms in total. The van der Waals surface area contributed by atoms with Crippen LogP contribution in [0.15, 0.2) is 12.1 Å². The van der Waals surface area contributed by atoms with Crippen LogP contribution in [0.3, 0.4) is 0 Å². The van der Waals surface area contributed by atoms with Crippen LogP contribution >= 0.6 is 0 Å². The third-order valence-electron chi connectivity index (χ3n) is 3.83. The van der Waals surface area contributed by atoms with E-state index < -0.39 is 0 Å². The summed E-state index contributed by atoms with van der Waals surface area (Å²) in [6.45, 7) is 3.89. The van der Waals surface area contributed by atoms with Crippen molar-refractivity contribution in [2.24, 2.45) is 5.92 Å². The summed E-state index contributed by atoms with van der Waals surface area (Å²) in [4.78, 5) is 16.4. The van der Waals surface area contributed by atoms with Crippen LogP contribution in [0, 0.1) is 31.1 Å². The van der Waals surface area contributed by atoms with Crippen molar-refractivity contribution in [3.8, 4) is 6.07 Å². The summed E-state index contributed by atoms with van der Waals surface area (Å²) in [6, 6.07) is 6.16. The van der Waals surface area contributed by atoms with Crippen molar-refractivity contribution in [2.75, 3.05) is 0 Å². The van der Waals surface area contributed by atoms with E-state index >= 15 is 0 Å². The lowest BCUT2D eigenvalue weighted by Crippen LogP contribution is -2.37. The number of rotatable bonds is 2. The van der Waals surface area contributed by atoms with Crippen LogP contribution in [0.1, 0.15) is 47.4 Å². The molecule has 100 valence electrons. The van der Waals surface area contributed by atoms with E-state index in [2.05, 4.69) is 16.4 Å². The van der Waals surface area contributed by atoms with E-state index in [9.17, 15) is 4.79 Å². The van der Waals surface area contributed by atoms with Crippen molar-refractivity contribution in [3.63, 3.8) is 0 Å². The first-order chi connectivity index (χ1) is 9.10. The molecule has 1 saturated carbocycles. The van der Waals surface area contributed by atoms with Gasteiger partial charge in [0.05, 0.1) is 6.07 Å². The molecule has 1 N–H and O–H groups in total. The van der Waals surface area contributed by atoms with Crippen LogP contribution in [0.25, 0.3) is 0 Å². The van der Waals surface area contributed by atoms with Gasteiger partial charge >= 0.3 is 0 Å². The maximum atomic E-state index is 12.1. The van der Waals surface area contributed by atoms with Gasteiger partial charge in [0.1, 0.15) is 5.69 Å². The first-order valence-electron chi connectivity index (χ1n) is 6.75. The van der Waals surface area contributed by atoms with Crippen LogP contribution < -0.4 is 5.32 Å². The maximum absolute atomic E-state index is 12.1. The zero-order valence-electron chi connectivity index (χ0n) is 11.4. The minimum Gasteiger partial charge on any atom is -0.348 e. The standard InChI is InChI=1S/C15H19N3O/c1-10-3-8-14(17-11(10)2)15(19)18-13-6-4-12(9-16)5-7-13/h3,8,12-13H,4-7H2,1-2H3,(H,18,19). The highest BCUT2D eigenvalue weighted by molar-refractivity contribution is 5.92. The molecular formula is C15H19N3O. The predicted octanol–water partition coefficient (Wildman–Crippen LogP) is 2.51. The predicted molar refractivity (Wildman–Crippen MR) is 72.5 cm³/mol. The number of hydrogen-bond acceptors (Lipinski definition) is 3. The van der Waals surface area contributed by atoms with Gasteiger partial charge in [0, 0.05) is 17.7 Å². The molecule has 0 unspecified atom stereocenters. The molecule has 19 heavy (non-hydrogen) atoms. The van der Waals surface area contributed by atoms with Gasteiger partial charge in [-0.15, -0.1) is 0 Å². The van der Waals surface area contributed by atoms with Gasteiger partial charge in [-0.2, -0.15) is 5.26 Å². The highest BCUT2D eigenvalue weighted by Crippen LogP contribution is 2.23. The molecule has 0 saturated heterocycles. The van der Waals surface area contributed by atoms with E-state index in [-0.39, 0.29) is 17.9 Å². The number of pyridine rings is 1. The molecule has 0 bridgehead atoms. The Hall–Kier alpha value is -1.89. The molecule has 1 heterocycles. The maximum Gasteiger partial charge on any atom is 0.270 e. The molecule has 0 spiro atoms. The minimum absolute atomic E-state index is 0.108. The largest absolute Gasteiger partial charge is 0.348 e. The monoisotopic (exact) mass is 257 g/mol. The molecule has 1 aromatic rings. The van der Waals surface area contributed by atoms with Crippen LogP contribution in [0.2, 0.25) is 0 Å². The number of aryl methyl sites for hydroxylation is 2. The Morgan fingerprint density at radius 1 is 1.32 bits per heavy atom. The van der Waals surface area contributed by atoms with Crippen molar-refractivity contribution in [2.45, 2.75) is 45.6 Å². The van der Waals surface area contributed by atoms with Crippen molar-refractivity contribution in [3.05, 3.63) is 29.1 Å². The summed E-state index contributed by atoms with van der Waals surface area (Å²) in [6.07, 6.45) is 3.52. The zero-order valence-corrected chi connectivity index (χ0v) is 11.4. The van der Waals surface area contributed by atoms with Crippen molar-refractivity contribution >= 4 is 5.91 Å². The Kier molecular flexibility index (Phi) is 4.16. The van der Waals surface area contributed by atoms with Crippen LogP contribution in [0.5, 0.6) is 0 Å². The number of carbonyl (C=O) groups excluding carboxylic acids is 1. The lowest BCUT2D eigenvalue weighted by atomic mass is 9.87. The van der Waals surface area contributed by atoms with Gasteiger partial charge in [0.2, 0.25) is 0 Å². The van der Waals surface area contributed by atoms with Gasteiger partial charge in [-0.25, -0.2) is 4.98 Å². The zero-order chi connectivity index (χ0) is 13.8. The Morgan fingerprint density at radius 3 is 2.58 bits per heavy atom. The van der Waals surface area contributed by atoms with Crippen LogP contribution in [-0.2, 0) is 0 Å². The smallest absolute Gasteiger partial charge is 0.270 e. The normalized spacial score (nSPS) is 22.6. The summed E-state index contributed by atoms with van der Waals surface area (Å²) < 4.78 is 0. The molecule has 0 radical (unpaired) electrons. The fraction of sp³-hybridized carbons (Fsp3) is 0.533. The van der Waals surface area contributed by atoms with Gasteiger partial charge in [-0.3, -0.25) is 4.79 Å². The first-order valence-corrected chi connectivity index (χ1v) is 6.75. The Balaban J connectivity index is 1.94.